The van der Waals surface area contributed by atoms with Gasteiger partial charge in [-0.15, -0.1) is 0 Å². The van der Waals surface area contributed by atoms with E-state index in [1.807, 2.05) is 31.2 Å². The molecule has 0 N–H and O–H groups in total. The normalized spacial score (nSPS) is 21.7. The molecule has 10 heteroatoms. The first-order chi connectivity index (χ1) is 15.7. The Labute approximate surface area is 197 Å². The van der Waals surface area contributed by atoms with Gasteiger partial charge in [-0.25, -0.2) is 8.42 Å². The summed E-state index contributed by atoms with van der Waals surface area (Å²) in [5, 5.41) is 11.8. The highest BCUT2D eigenvalue weighted by atomic mass is 32.2. The average Bonchev–Trinajstić information content (AvgIpc) is 3.42. The summed E-state index contributed by atoms with van der Waals surface area (Å²) in [6.45, 7) is 2.87. The number of sulfone groups is 1. The quantitative estimate of drug-likeness (QED) is 0.428. The first kappa shape index (κ1) is 23.7. The van der Waals surface area contributed by atoms with Crippen LogP contribution in [0.1, 0.15) is 35.2 Å². The highest BCUT2D eigenvalue weighted by Gasteiger charge is 2.37. The van der Waals surface area contributed by atoms with E-state index in [0.717, 1.165) is 23.3 Å². The summed E-state index contributed by atoms with van der Waals surface area (Å²) in [5.74, 6) is -0.448. The van der Waals surface area contributed by atoms with Crippen molar-refractivity contribution in [3.8, 4) is 0 Å². The van der Waals surface area contributed by atoms with Gasteiger partial charge >= 0.3 is 0 Å². The minimum Gasteiger partial charge on any atom is -0.376 e. The van der Waals surface area contributed by atoms with E-state index in [-0.39, 0.29) is 35.4 Å². The van der Waals surface area contributed by atoms with Gasteiger partial charge in [-0.3, -0.25) is 14.9 Å². The second-order valence-corrected chi connectivity index (χ2v) is 11.8. The van der Waals surface area contributed by atoms with E-state index < -0.39 is 26.7 Å². The van der Waals surface area contributed by atoms with Crippen LogP contribution in [-0.4, -0.2) is 61.0 Å². The summed E-state index contributed by atoms with van der Waals surface area (Å²) in [4.78, 5) is 27.6. The average molecular weight is 491 g/mol. The number of nitrogens with zero attached hydrogens (tertiary/aromatic N) is 2. The molecule has 2 heterocycles. The lowest BCUT2D eigenvalue weighted by molar-refractivity contribution is -0.387. The fraction of sp³-hybridized carbons (Fsp3) is 0.435. The summed E-state index contributed by atoms with van der Waals surface area (Å²) in [7, 11) is -3.20. The van der Waals surface area contributed by atoms with E-state index in [4.69, 9.17) is 4.74 Å². The van der Waals surface area contributed by atoms with Crippen LogP contribution in [-0.2, 0) is 14.6 Å². The zero-order valence-electron chi connectivity index (χ0n) is 18.3. The molecular formula is C23H26N2O6S2. The lowest BCUT2D eigenvalue weighted by Gasteiger charge is -2.30. The van der Waals surface area contributed by atoms with Crippen molar-refractivity contribution in [1.82, 2.24) is 4.90 Å². The van der Waals surface area contributed by atoms with Gasteiger partial charge in [0.2, 0.25) is 0 Å². The monoisotopic (exact) mass is 490 g/mol. The molecule has 2 atom stereocenters. The van der Waals surface area contributed by atoms with E-state index in [1.165, 1.54) is 17.8 Å². The molecule has 0 saturated carbocycles. The number of nitro benzene ring substituents is 1. The molecule has 1 amide bonds. The van der Waals surface area contributed by atoms with Gasteiger partial charge in [0, 0.05) is 35.7 Å². The topological polar surface area (TPSA) is 107 Å². The third-order valence-electron chi connectivity index (χ3n) is 5.99. The molecule has 4 rings (SSSR count). The minimum atomic E-state index is -3.20. The highest BCUT2D eigenvalue weighted by molar-refractivity contribution is 7.99. The maximum absolute atomic E-state index is 13.5. The molecule has 2 aromatic rings. The Morgan fingerprint density at radius 3 is 2.58 bits per heavy atom. The number of benzene rings is 2. The van der Waals surface area contributed by atoms with Crippen LogP contribution < -0.4 is 0 Å². The molecule has 33 heavy (non-hydrogen) atoms. The molecule has 2 aliphatic heterocycles. The van der Waals surface area contributed by atoms with Crippen molar-refractivity contribution in [2.45, 2.75) is 48.1 Å². The van der Waals surface area contributed by atoms with Crippen LogP contribution in [0.3, 0.4) is 0 Å². The largest absolute Gasteiger partial charge is 0.376 e. The van der Waals surface area contributed by atoms with Gasteiger partial charge in [0.05, 0.1) is 27.4 Å². The van der Waals surface area contributed by atoms with Crippen molar-refractivity contribution >= 4 is 33.2 Å². The van der Waals surface area contributed by atoms with E-state index in [9.17, 15) is 23.3 Å². The molecule has 0 radical (unpaired) electrons. The van der Waals surface area contributed by atoms with E-state index in [2.05, 4.69) is 0 Å². The first-order valence-corrected chi connectivity index (χ1v) is 13.5. The Hall–Kier alpha value is -2.43. The molecule has 0 aliphatic carbocycles. The van der Waals surface area contributed by atoms with Gasteiger partial charge in [-0.05, 0) is 50.5 Å². The first-order valence-electron chi connectivity index (χ1n) is 10.9. The van der Waals surface area contributed by atoms with Gasteiger partial charge in [-0.2, -0.15) is 0 Å². The van der Waals surface area contributed by atoms with Crippen LogP contribution in [0.5, 0.6) is 0 Å². The van der Waals surface area contributed by atoms with Crippen LogP contribution in [0, 0.1) is 17.0 Å². The molecule has 0 unspecified atom stereocenters. The lowest BCUT2D eigenvalue weighted by Crippen LogP contribution is -2.45. The van der Waals surface area contributed by atoms with Gasteiger partial charge < -0.3 is 9.64 Å². The molecule has 2 aliphatic rings. The van der Waals surface area contributed by atoms with Crippen molar-refractivity contribution in [1.29, 1.82) is 0 Å². The summed E-state index contributed by atoms with van der Waals surface area (Å²) < 4.78 is 29.8. The number of aryl methyl sites for hydroxylation is 1. The van der Waals surface area contributed by atoms with Crippen molar-refractivity contribution < 1.29 is 22.9 Å². The molecule has 176 valence electrons. The fourth-order valence-corrected chi connectivity index (χ4v) is 6.84. The SMILES string of the molecule is Cc1ccc(Sc2ccc(C(=O)N(C[C@@H]3CCCO3)[C@@H]3CCS(=O)(=O)C3)cc2[N+](=O)[O-])cc1. The lowest BCUT2D eigenvalue weighted by atomic mass is 10.1. The Morgan fingerprint density at radius 2 is 1.97 bits per heavy atom. The number of hydrogen-bond acceptors (Lipinski definition) is 7. The smallest absolute Gasteiger partial charge is 0.284 e. The number of carbonyl (C=O) groups excluding carboxylic acids is 1. The minimum absolute atomic E-state index is 0.0409. The van der Waals surface area contributed by atoms with E-state index in [1.54, 1.807) is 17.0 Å². The van der Waals surface area contributed by atoms with Gasteiger partial charge in [0.15, 0.2) is 9.84 Å². The molecule has 2 aromatic carbocycles. The number of ether oxygens (including phenoxy) is 1. The Kier molecular flexibility index (Phi) is 7.06. The third kappa shape index (κ3) is 5.74. The van der Waals surface area contributed by atoms with Crippen molar-refractivity contribution in [2.75, 3.05) is 24.7 Å². The second-order valence-electron chi connectivity index (χ2n) is 8.50. The zero-order valence-corrected chi connectivity index (χ0v) is 19.9. The van der Waals surface area contributed by atoms with Crippen LogP contribution in [0.4, 0.5) is 5.69 Å². The predicted molar refractivity (Wildman–Crippen MR) is 125 cm³/mol. The predicted octanol–water partition coefficient (Wildman–Crippen LogP) is 3.86. The Balaban J connectivity index is 1.61. The third-order valence-corrected chi connectivity index (χ3v) is 8.81. The van der Waals surface area contributed by atoms with Crippen LogP contribution in [0.25, 0.3) is 0 Å². The van der Waals surface area contributed by atoms with Crippen molar-refractivity contribution in [3.63, 3.8) is 0 Å². The van der Waals surface area contributed by atoms with Crippen molar-refractivity contribution in [2.24, 2.45) is 0 Å². The molecule has 2 fully saturated rings. The van der Waals surface area contributed by atoms with Crippen molar-refractivity contribution in [3.05, 3.63) is 63.7 Å². The highest BCUT2D eigenvalue weighted by Crippen LogP contribution is 2.36. The van der Waals surface area contributed by atoms with E-state index >= 15 is 0 Å². The second kappa shape index (κ2) is 9.82. The number of rotatable bonds is 7. The molecule has 0 bridgehead atoms. The number of amides is 1. The number of hydrogen-bond donors (Lipinski definition) is 0. The van der Waals surface area contributed by atoms with Crippen LogP contribution in [0.2, 0.25) is 0 Å². The fourth-order valence-electron chi connectivity index (χ4n) is 4.21. The van der Waals surface area contributed by atoms with Gasteiger partial charge in [0.25, 0.3) is 11.6 Å². The molecule has 2 saturated heterocycles. The maximum atomic E-state index is 13.5. The summed E-state index contributed by atoms with van der Waals surface area (Å²) >= 11 is 1.27. The number of nitro groups is 1. The zero-order chi connectivity index (χ0) is 23.6. The Morgan fingerprint density at radius 1 is 1.21 bits per heavy atom. The maximum Gasteiger partial charge on any atom is 0.284 e. The van der Waals surface area contributed by atoms with Gasteiger partial charge in [0.1, 0.15) is 0 Å². The standard InChI is InChI=1S/C23H26N2O6S2/c1-16-4-7-20(8-5-16)32-22-9-6-17(13-21(22)25(27)28)23(26)24(14-19-3-2-11-31-19)18-10-12-33(29,30)15-18/h4-9,13,18-19H,2-3,10-12,14-15H2,1H3/t18-,19+/m1/s1. The molecule has 0 aromatic heterocycles. The van der Waals surface area contributed by atoms with Gasteiger partial charge in [-0.1, -0.05) is 29.5 Å². The molecule has 0 spiro atoms. The van der Waals surface area contributed by atoms with E-state index in [0.29, 0.717) is 17.9 Å². The molecular weight excluding hydrogens is 464 g/mol. The van der Waals surface area contributed by atoms with Crippen LogP contribution in [0.15, 0.2) is 52.3 Å². The summed E-state index contributed by atoms with van der Waals surface area (Å²) in [5.41, 5.74) is 1.12. The Bertz CT molecular complexity index is 1140. The molecule has 8 nitrogen and oxygen atoms in total. The summed E-state index contributed by atoms with van der Waals surface area (Å²) in [6.07, 6.45) is 1.91. The van der Waals surface area contributed by atoms with Crippen LogP contribution >= 0.6 is 11.8 Å². The summed E-state index contributed by atoms with van der Waals surface area (Å²) in [6, 6.07) is 11.7. The number of carbonyl (C=O) groups is 1.